The van der Waals surface area contributed by atoms with Crippen LogP contribution in [0.15, 0.2) is 72.8 Å². The minimum Gasteiger partial charge on any atom is -0.488 e. The van der Waals surface area contributed by atoms with Gasteiger partial charge in [-0.05, 0) is 23.8 Å². The topological polar surface area (TPSA) is 61.3 Å². The van der Waals surface area contributed by atoms with E-state index in [1.165, 1.54) is 0 Å². The highest BCUT2D eigenvalue weighted by Crippen LogP contribution is 2.35. The van der Waals surface area contributed by atoms with E-state index in [0.717, 1.165) is 28.1 Å². The van der Waals surface area contributed by atoms with E-state index in [1.54, 1.807) is 0 Å². The summed E-state index contributed by atoms with van der Waals surface area (Å²) in [5.41, 5.74) is 16.4. The summed E-state index contributed by atoms with van der Waals surface area (Å²) in [6, 6.07) is 23.4. The van der Waals surface area contributed by atoms with Crippen molar-refractivity contribution in [1.82, 2.24) is 0 Å². The Morgan fingerprint density at radius 2 is 1.45 bits per heavy atom. The van der Waals surface area contributed by atoms with E-state index in [1.807, 2.05) is 72.8 Å². The first-order valence-electron chi connectivity index (χ1n) is 7.15. The molecule has 3 aromatic rings. The smallest absolute Gasteiger partial charge is 0.129 e. The summed E-state index contributed by atoms with van der Waals surface area (Å²) in [5, 5.41) is 0. The van der Waals surface area contributed by atoms with E-state index in [0.29, 0.717) is 12.3 Å². The SMILES string of the molecule is Nc1ccc(-c2ccccc2N)c(OCc2ccccc2)c1. The van der Waals surface area contributed by atoms with Gasteiger partial charge >= 0.3 is 0 Å². The number of nitrogen functional groups attached to an aromatic ring is 2. The summed E-state index contributed by atoms with van der Waals surface area (Å²) in [7, 11) is 0. The van der Waals surface area contributed by atoms with Gasteiger partial charge in [0.05, 0.1) is 0 Å². The Bertz CT molecular complexity index is 769. The highest BCUT2D eigenvalue weighted by molar-refractivity contribution is 5.81. The van der Waals surface area contributed by atoms with Crippen LogP contribution in [0.1, 0.15) is 5.56 Å². The van der Waals surface area contributed by atoms with Gasteiger partial charge in [-0.25, -0.2) is 0 Å². The fourth-order valence-corrected chi connectivity index (χ4v) is 2.36. The van der Waals surface area contributed by atoms with Crippen LogP contribution in [0.5, 0.6) is 5.75 Å². The molecule has 0 spiro atoms. The molecule has 0 aromatic heterocycles. The molecular weight excluding hydrogens is 272 g/mol. The summed E-state index contributed by atoms with van der Waals surface area (Å²) in [6.07, 6.45) is 0. The number of ether oxygens (including phenoxy) is 1. The van der Waals surface area contributed by atoms with Crippen molar-refractivity contribution in [2.45, 2.75) is 6.61 Å². The fraction of sp³-hybridized carbons (Fsp3) is 0.0526. The Labute approximate surface area is 130 Å². The molecule has 0 aliphatic rings. The first-order chi connectivity index (χ1) is 10.7. The van der Waals surface area contributed by atoms with E-state index < -0.39 is 0 Å². The highest BCUT2D eigenvalue weighted by Gasteiger charge is 2.10. The van der Waals surface area contributed by atoms with Crippen LogP contribution in [0, 0.1) is 0 Å². The zero-order valence-corrected chi connectivity index (χ0v) is 12.2. The lowest BCUT2D eigenvalue weighted by Crippen LogP contribution is -1.99. The minimum atomic E-state index is 0.490. The van der Waals surface area contributed by atoms with Crippen LogP contribution in [-0.4, -0.2) is 0 Å². The third-order valence-corrected chi connectivity index (χ3v) is 3.49. The maximum atomic E-state index is 6.08. The van der Waals surface area contributed by atoms with Crippen LogP contribution in [0.25, 0.3) is 11.1 Å². The molecule has 0 aliphatic carbocycles. The molecule has 0 radical (unpaired) electrons. The molecule has 0 unspecified atom stereocenters. The third kappa shape index (κ3) is 3.04. The lowest BCUT2D eigenvalue weighted by molar-refractivity contribution is 0.307. The molecule has 22 heavy (non-hydrogen) atoms. The van der Waals surface area contributed by atoms with E-state index in [2.05, 4.69) is 0 Å². The van der Waals surface area contributed by atoms with Crippen molar-refractivity contribution >= 4 is 11.4 Å². The molecule has 0 fully saturated rings. The number of rotatable bonds is 4. The maximum absolute atomic E-state index is 6.08. The molecule has 3 heteroatoms. The summed E-state index contributed by atoms with van der Waals surface area (Å²) in [5.74, 6) is 0.738. The Balaban J connectivity index is 1.93. The minimum absolute atomic E-state index is 0.490. The second kappa shape index (κ2) is 6.22. The van der Waals surface area contributed by atoms with Gasteiger partial charge in [0, 0.05) is 28.6 Å². The normalized spacial score (nSPS) is 10.4. The molecule has 3 rings (SSSR count). The number of anilines is 2. The lowest BCUT2D eigenvalue weighted by atomic mass is 10.0. The van der Waals surface area contributed by atoms with Crippen LogP contribution in [0.4, 0.5) is 11.4 Å². The molecule has 0 aliphatic heterocycles. The van der Waals surface area contributed by atoms with Gasteiger partial charge in [-0.3, -0.25) is 0 Å². The lowest BCUT2D eigenvalue weighted by Gasteiger charge is -2.14. The fourth-order valence-electron chi connectivity index (χ4n) is 2.36. The third-order valence-electron chi connectivity index (χ3n) is 3.49. The number of hydrogen-bond donors (Lipinski definition) is 2. The van der Waals surface area contributed by atoms with E-state index in [4.69, 9.17) is 16.2 Å². The first-order valence-corrected chi connectivity index (χ1v) is 7.15. The summed E-state index contributed by atoms with van der Waals surface area (Å²) in [6.45, 7) is 0.490. The molecule has 0 heterocycles. The largest absolute Gasteiger partial charge is 0.488 e. The van der Waals surface area contributed by atoms with Crippen LogP contribution in [-0.2, 0) is 6.61 Å². The van der Waals surface area contributed by atoms with Gasteiger partial charge in [0.1, 0.15) is 12.4 Å². The summed E-state index contributed by atoms with van der Waals surface area (Å²) >= 11 is 0. The van der Waals surface area contributed by atoms with Gasteiger partial charge in [0.25, 0.3) is 0 Å². The molecule has 4 N–H and O–H groups in total. The Hall–Kier alpha value is -2.94. The molecule has 110 valence electrons. The zero-order chi connectivity index (χ0) is 15.4. The quantitative estimate of drug-likeness (QED) is 0.711. The van der Waals surface area contributed by atoms with Gasteiger partial charge in [-0.15, -0.1) is 0 Å². The van der Waals surface area contributed by atoms with Crippen LogP contribution >= 0.6 is 0 Å². The summed E-state index contributed by atoms with van der Waals surface area (Å²) < 4.78 is 5.98. The van der Waals surface area contributed by atoms with E-state index in [9.17, 15) is 0 Å². The molecule has 0 saturated carbocycles. The highest BCUT2D eigenvalue weighted by atomic mass is 16.5. The predicted octanol–water partition coefficient (Wildman–Crippen LogP) is 4.10. The summed E-state index contributed by atoms with van der Waals surface area (Å²) in [4.78, 5) is 0. The molecule has 0 atom stereocenters. The van der Waals surface area contributed by atoms with Crippen molar-refractivity contribution in [3.63, 3.8) is 0 Å². The Morgan fingerprint density at radius 3 is 2.23 bits per heavy atom. The van der Waals surface area contributed by atoms with Gasteiger partial charge in [0.2, 0.25) is 0 Å². The number of nitrogens with two attached hydrogens (primary N) is 2. The molecule has 3 nitrogen and oxygen atoms in total. The van der Waals surface area contributed by atoms with E-state index >= 15 is 0 Å². The van der Waals surface area contributed by atoms with Crippen molar-refractivity contribution in [3.05, 3.63) is 78.4 Å². The van der Waals surface area contributed by atoms with Crippen molar-refractivity contribution in [2.24, 2.45) is 0 Å². The van der Waals surface area contributed by atoms with Crippen molar-refractivity contribution in [1.29, 1.82) is 0 Å². The van der Waals surface area contributed by atoms with Crippen LogP contribution in [0.2, 0.25) is 0 Å². The molecule has 3 aromatic carbocycles. The first kappa shape index (κ1) is 14.0. The Morgan fingerprint density at radius 1 is 0.727 bits per heavy atom. The monoisotopic (exact) mass is 290 g/mol. The second-order valence-electron chi connectivity index (χ2n) is 5.12. The average molecular weight is 290 g/mol. The zero-order valence-electron chi connectivity index (χ0n) is 12.2. The maximum Gasteiger partial charge on any atom is 0.129 e. The average Bonchev–Trinajstić information content (AvgIpc) is 2.55. The van der Waals surface area contributed by atoms with Crippen molar-refractivity contribution in [2.75, 3.05) is 11.5 Å². The van der Waals surface area contributed by atoms with Crippen molar-refractivity contribution < 1.29 is 4.74 Å². The van der Waals surface area contributed by atoms with Crippen LogP contribution in [0.3, 0.4) is 0 Å². The predicted molar refractivity (Wildman–Crippen MR) is 91.5 cm³/mol. The van der Waals surface area contributed by atoms with Gasteiger partial charge < -0.3 is 16.2 Å². The molecule has 0 amide bonds. The number of hydrogen-bond acceptors (Lipinski definition) is 3. The van der Waals surface area contributed by atoms with E-state index in [-0.39, 0.29) is 0 Å². The molecule has 0 bridgehead atoms. The number of benzene rings is 3. The van der Waals surface area contributed by atoms with Gasteiger partial charge in [0.15, 0.2) is 0 Å². The van der Waals surface area contributed by atoms with Gasteiger partial charge in [-0.2, -0.15) is 0 Å². The molecule has 0 saturated heterocycles. The molecular formula is C19H18N2O. The van der Waals surface area contributed by atoms with Gasteiger partial charge in [-0.1, -0.05) is 48.5 Å². The standard InChI is InChI=1S/C19H18N2O/c20-15-10-11-17(16-8-4-5-9-18(16)21)19(12-15)22-13-14-6-2-1-3-7-14/h1-12H,13,20-21H2. The second-order valence-corrected chi connectivity index (χ2v) is 5.12. The van der Waals surface area contributed by atoms with Crippen LogP contribution < -0.4 is 16.2 Å². The van der Waals surface area contributed by atoms with Crippen molar-refractivity contribution in [3.8, 4) is 16.9 Å². The Kier molecular flexibility index (Phi) is 3.97. The number of para-hydroxylation sites is 1.